The summed E-state index contributed by atoms with van der Waals surface area (Å²) in [5, 5.41) is 11.4. The van der Waals surface area contributed by atoms with Crippen molar-refractivity contribution in [1.82, 2.24) is 10.4 Å². The monoisotopic (exact) mass is 501 g/mol. The lowest BCUT2D eigenvalue weighted by Crippen LogP contribution is -2.48. The smallest absolute Gasteiger partial charge is 0.280 e. The molecule has 0 bridgehead atoms. The molecular formula is C27H27N5O5. The zero-order valence-electron chi connectivity index (χ0n) is 20.6. The molecule has 0 radical (unpaired) electrons. The first-order valence-corrected chi connectivity index (χ1v) is 11.5. The zero-order valence-corrected chi connectivity index (χ0v) is 20.6. The molecule has 0 saturated heterocycles. The van der Waals surface area contributed by atoms with Gasteiger partial charge in [-0.3, -0.25) is 25.2 Å². The Morgan fingerprint density at radius 1 is 0.946 bits per heavy atom. The highest BCUT2D eigenvalue weighted by Crippen LogP contribution is 2.33. The highest BCUT2D eigenvalue weighted by atomic mass is 16.5. The Morgan fingerprint density at radius 2 is 1.57 bits per heavy atom. The average Bonchev–Trinajstić information content (AvgIpc) is 3.12. The van der Waals surface area contributed by atoms with E-state index in [1.54, 1.807) is 54.6 Å². The molecule has 4 rings (SSSR count). The van der Waals surface area contributed by atoms with Crippen LogP contribution in [0.1, 0.15) is 51.7 Å². The van der Waals surface area contributed by atoms with Gasteiger partial charge < -0.3 is 20.5 Å². The Morgan fingerprint density at radius 3 is 2.11 bits per heavy atom. The number of carbonyl (C=O) groups is 3. The number of carbonyl (C=O) groups excluding carboxylic acids is 3. The number of nitrogens with zero attached hydrogens (tertiary/aromatic N) is 1. The lowest BCUT2D eigenvalue weighted by molar-refractivity contribution is -0.125. The molecule has 3 amide bonds. The molecule has 0 fully saturated rings. The van der Waals surface area contributed by atoms with E-state index in [4.69, 9.17) is 20.6 Å². The minimum atomic E-state index is -1.03. The Kier molecular flexibility index (Phi) is 7.10. The molecule has 3 aromatic carbocycles. The van der Waals surface area contributed by atoms with Crippen LogP contribution < -0.4 is 25.9 Å². The quantitative estimate of drug-likeness (QED) is 0.200. The number of benzene rings is 3. The van der Waals surface area contributed by atoms with Gasteiger partial charge in [0.2, 0.25) is 0 Å². The first-order valence-electron chi connectivity index (χ1n) is 11.5. The minimum absolute atomic E-state index is 0.0862. The molecule has 0 spiro atoms. The number of hydrazine groups is 1. The van der Waals surface area contributed by atoms with Crippen molar-refractivity contribution in [3.63, 3.8) is 0 Å². The molecule has 1 aliphatic heterocycles. The van der Waals surface area contributed by atoms with Crippen LogP contribution in [0.25, 0.3) is 0 Å². The number of nitrogen functional groups attached to an aromatic ring is 1. The van der Waals surface area contributed by atoms with E-state index in [1.165, 1.54) is 19.2 Å². The van der Waals surface area contributed by atoms with Crippen LogP contribution in [-0.4, -0.2) is 41.8 Å². The van der Waals surface area contributed by atoms with Gasteiger partial charge in [0.05, 0.1) is 24.3 Å². The number of ether oxygens (including phenoxy) is 2. The number of nitrogens with two attached hydrogens (primary N) is 1. The highest BCUT2D eigenvalue weighted by Gasteiger charge is 2.38. The van der Waals surface area contributed by atoms with Crippen molar-refractivity contribution in [2.24, 2.45) is 5.73 Å². The Labute approximate surface area is 213 Å². The standard InChI is InChI=1S/C27H27N5O5/c1-15(2)37-21-13-10-17(14-22(21)36-3)23(30-18-11-8-16(9-12-18)24(28)29)25(33)31-32-26(34)19-6-4-5-7-20(19)27(32)35/h4-15,23,30H,1-3H3,(H3,28,29)(H,31,33). The lowest BCUT2D eigenvalue weighted by atomic mass is 10.0. The lowest BCUT2D eigenvalue weighted by Gasteiger charge is -2.24. The van der Waals surface area contributed by atoms with E-state index in [2.05, 4.69) is 10.7 Å². The van der Waals surface area contributed by atoms with E-state index in [1.807, 2.05) is 13.8 Å². The number of hydrogen-bond donors (Lipinski definition) is 4. The van der Waals surface area contributed by atoms with Crippen LogP contribution in [0, 0.1) is 5.41 Å². The van der Waals surface area contributed by atoms with Crippen molar-refractivity contribution < 1.29 is 23.9 Å². The number of amides is 3. The topological polar surface area (TPSA) is 147 Å². The maximum absolute atomic E-state index is 13.5. The summed E-state index contributed by atoms with van der Waals surface area (Å²) in [5.74, 6) is -1.04. The van der Waals surface area contributed by atoms with Crippen LogP contribution in [0.5, 0.6) is 11.5 Å². The number of rotatable bonds is 9. The molecule has 190 valence electrons. The number of hydrogen-bond acceptors (Lipinski definition) is 7. The molecule has 1 aliphatic rings. The predicted molar refractivity (Wildman–Crippen MR) is 138 cm³/mol. The molecule has 0 aromatic heterocycles. The number of fused-ring (bicyclic) bond motifs is 1. The van der Waals surface area contributed by atoms with Crippen molar-refractivity contribution in [1.29, 1.82) is 5.41 Å². The van der Waals surface area contributed by atoms with Crippen LogP contribution in [0.4, 0.5) is 5.69 Å². The van der Waals surface area contributed by atoms with Gasteiger partial charge >= 0.3 is 0 Å². The average molecular weight is 502 g/mol. The van der Waals surface area contributed by atoms with Crippen LogP contribution in [0.2, 0.25) is 0 Å². The maximum Gasteiger partial charge on any atom is 0.280 e. The number of anilines is 1. The van der Waals surface area contributed by atoms with Crippen LogP contribution in [-0.2, 0) is 4.79 Å². The summed E-state index contributed by atoms with van der Waals surface area (Å²) < 4.78 is 11.3. The Hall–Kier alpha value is -4.86. The number of methoxy groups -OCH3 is 1. The van der Waals surface area contributed by atoms with E-state index in [0.29, 0.717) is 33.3 Å². The molecular weight excluding hydrogens is 474 g/mol. The van der Waals surface area contributed by atoms with Crippen LogP contribution in [0.15, 0.2) is 66.7 Å². The zero-order chi connectivity index (χ0) is 26.7. The maximum atomic E-state index is 13.5. The SMILES string of the molecule is COc1cc(C(Nc2ccc(C(=N)N)cc2)C(=O)NN2C(=O)c3ccccc3C2=O)ccc1OC(C)C. The van der Waals surface area contributed by atoms with Crippen molar-refractivity contribution in [2.75, 3.05) is 12.4 Å². The third-order valence-electron chi connectivity index (χ3n) is 5.67. The summed E-state index contributed by atoms with van der Waals surface area (Å²) in [7, 11) is 1.49. The van der Waals surface area contributed by atoms with E-state index < -0.39 is 23.8 Å². The van der Waals surface area contributed by atoms with Crippen LogP contribution >= 0.6 is 0 Å². The summed E-state index contributed by atoms with van der Waals surface area (Å²) >= 11 is 0. The fourth-order valence-corrected chi connectivity index (χ4v) is 3.89. The van der Waals surface area contributed by atoms with Crippen molar-refractivity contribution in [3.8, 4) is 11.5 Å². The third kappa shape index (κ3) is 5.22. The number of amidine groups is 1. The van der Waals surface area contributed by atoms with Gasteiger partial charge in [0.1, 0.15) is 11.9 Å². The molecule has 37 heavy (non-hydrogen) atoms. The molecule has 1 atom stereocenters. The molecule has 10 heteroatoms. The molecule has 10 nitrogen and oxygen atoms in total. The van der Waals surface area contributed by atoms with Gasteiger partial charge in [-0.25, -0.2) is 0 Å². The normalized spacial score (nSPS) is 13.2. The summed E-state index contributed by atoms with van der Waals surface area (Å²) in [4.78, 5) is 39.2. The van der Waals surface area contributed by atoms with Gasteiger partial charge in [0, 0.05) is 11.3 Å². The fraction of sp³-hybridized carbons (Fsp3) is 0.185. The second kappa shape index (κ2) is 10.4. The second-order valence-corrected chi connectivity index (χ2v) is 8.61. The molecule has 5 N–H and O–H groups in total. The van der Waals surface area contributed by atoms with Crippen LogP contribution in [0.3, 0.4) is 0 Å². The van der Waals surface area contributed by atoms with Crippen molar-refractivity contribution in [2.45, 2.75) is 26.0 Å². The predicted octanol–water partition coefficient (Wildman–Crippen LogP) is 3.25. The van der Waals surface area contributed by atoms with Gasteiger partial charge in [0.25, 0.3) is 17.7 Å². The van der Waals surface area contributed by atoms with Crippen molar-refractivity contribution in [3.05, 3.63) is 89.0 Å². The van der Waals surface area contributed by atoms with E-state index in [-0.39, 0.29) is 23.1 Å². The second-order valence-electron chi connectivity index (χ2n) is 8.61. The Balaban J connectivity index is 1.66. The number of imide groups is 1. The summed E-state index contributed by atoms with van der Waals surface area (Å²) in [6, 6.07) is 17.0. The van der Waals surface area contributed by atoms with E-state index >= 15 is 0 Å². The van der Waals surface area contributed by atoms with Gasteiger partial charge in [-0.2, -0.15) is 5.01 Å². The summed E-state index contributed by atoms with van der Waals surface area (Å²) in [6.07, 6.45) is -0.0921. The largest absolute Gasteiger partial charge is 0.493 e. The van der Waals surface area contributed by atoms with Gasteiger partial charge in [0.15, 0.2) is 11.5 Å². The Bertz CT molecular complexity index is 1330. The number of nitrogens with one attached hydrogen (secondary N) is 3. The van der Waals surface area contributed by atoms with E-state index in [0.717, 1.165) is 0 Å². The van der Waals surface area contributed by atoms with Gasteiger partial charge in [-0.05, 0) is 67.9 Å². The van der Waals surface area contributed by atoms with Gasteiger partial charge in [-0.1, -0.05) is 18.2 Å². The highest BCUT2D eigenvalue weighted by molar-refractivity contribution is 6.21. The molecule has 3 aromatic rings. The molecule has 1 unspecified atom stereocenters. The first kappa shape index (κ1) is 25.2. The summed E-state index contributed by atoms with van der Waals surface area (Å²) in [5.41, 5.74) is 10.0. The fourth-order valence-electron chi connectivity index (χ4n) is 3.89. The van der Waals surface area contributed by atoms with Crippen molar-refractivity contribution >= 4 is 29.2 Å². The van der Waals surface area contributed by atoms with E-state index in [9.17, 15) is 14.4 Å². The first-order chi connectivity index (χ1) is 17.7. The molecule has 1 heterocycles. The molecule has 0 saturated carbocycles. The van der Waals surface area contributed by atoms with Gasteiger partial charge in [-0.15, -0.1) is 0 Å². The summed E-state index contributed by atoms with van der Waals surface area (Å²) in [6.45, 7) is 3.77. The molecule has 0 aliphatic carbocycles. The minimum Gasteiger partial charge on any atom is -0.493 e. The third-order valence-corrected chi connectivity index (χ3v) is 5.67.